The van der Waals surface area contributed by atoms with Gasteiger partial charge in [-0.25, -0.2) is 9.97 Å². The Bertz CT molecular complexity index is 1080. The van der Waals surface area contributed by atoms with Gasteiger partial charge in [0.05, 0.1) is 29.0 Å². The van der Waals surface area contributed by atoms with Crippen LogP contribution in [0.1, 0.15) is 37.6 Å². The van der Waals surface area contributed by atoms with Crippen LogP contribution in [0.25, 0.3) is 22.6 Å². The molecule has 1 fully saturated rings. The number of ether oxygens (including phenoxy) is 2. The van der Waals surface area contributed by atoms with Crippen molar-refractivity contribution in [2.24, 2.45) is 0 Å². The lowest BCUT2D eigenvalue weighted by Crippen LogP contribution is -2.11. The number of benzene rings is 1. The maximum Gasteiger partial charge on any atom is 0.163 e. The number of rotatable bonds is 7. The van der Waals surface area contributed by atoms with Crippen molar-refractivity contribution in [2.75, 3.05) is 32.5 Å². The molecule has 0 amide bonds. The van der Waals surface area contributed by atoms with Crippen LogP contribution in [0.4, 0.5) is 5.82 Å². The maximum absolute atomic E-state index is 6.40. The predicted octanol–water partition coefficient (Wildman–Crippen LogP) is 5.48. The molecule has 3 aromatic rings. The second kappa shape index (κ2) is 12.4. The van der Waals surface area contributed by atoms with Crippen molar-refractivity contribution in [3.8, 4) is 28.4 Å². The molecular weight excluding hydrogens is 477 g/mol. The Hall–Kier alpha value is -2.39. The van der Waals surface area contributed by atoms with E-state index < -0.39 is 0 Å². The minimum Gasteiger partial charge on any atom is -0.494 e. The number of nitrogen functional groups attached to an aromatic ring is 1. The quantitative estimate of drug-likeness (QED) is 0.404. The van der Waals surface area contributed by atoms with Crippen molar-refractivity contribution in [3.63, 3.8) is 0 Å². The van der Waals surface area contributed by atoms with Gasteiger partial charge in [0, 0.05) is 12.2 Å². The highest BCUT2D eigenvalue weighted by Crippen LogP contribution is 2.37. The van der Waals surface area contributed by atoms with Crippen LogP contribution in [0.15, 0.2) is 22.7 Å². The average molecular weight is 508 g/mol. The Kier molecular flexibility index (Phi) is 9.53. The monoisotopic (exact) mass is 507 g/mol. The molecule has 3 heterocycles. The molecule has 0 spiro atoms. The van der Waals surface area contributed by atoms with E-state index in [4.69, 9.17) is 42.9 Å². The molecule has 3 N–H and O–H groups in total. The molecular formula is C24H31Cl2N5O3. The first-order valence-electron chi connectivity index (χ1n) is 11.3. The van der Waals surface area contributed by atoms with E-state index in [1.807, 2.05) is 14.0 Å². The number of aryl methyl sites for hydroxylation is 2. The first-order chi connectivity index (χ1) is 16.3. The van der Waals surface area contributed by atoms with Gasteiger partial charge in [-0.3, -0.25) is 0 Å². The lowest BCUT2D eigenvalue weighted by molar-refractivity contribution is 0.125. The van der Waals surface area contributed by atoms with Crippen molar-refractivity contribution in [2.45, 2.75) is 46.1 Å². The second-order valence-electron chi connectivity index (χ2n) is 8.07. The van der Waals surface area contributed by atoms with Crippen LogP contribution >= 0.6 is 23.2 Å². The molecule has 8 nitrogen and oxygen atoms in total. The highest BCUT2D eigenvalue weighted by atomic mass is 35.5. The lowest BCUT2D eigenvalue weighted by atomic mass is 10.1. The zero-order chi connectivity index (χ0) is 24.7. The normalized spacial score (nSPS) is 15.2. The molecule has 184 valence electrons. The van der Waals surface area contributed by atoms with Crippen LogP contribution in [0, 0.1) is 13.8 Å². The second-order valence-corrected chi connectivity index (χ2v) is 8.85. The van der Waals surface area contributed by atoms with Gasteiger partial charge in [-0.15, -0.1) is 0 Å². The van der Waals surface area contributed by atoms with E-state index in [9.17, 15) is 0 Å². The first kappa shape index (κ1) is 26.2. The summed E-state index contributed by atoms with van der Waals surface area (Å²) in [6.45, 7) is 8.16. The van der Waals surface area contributed by atoms with Gasteiger partial charge in [-0.05, 0) is 71.8 Å². The summed E-state index contributed by atoms with van der Waals surface area (Å²) < 4.78 is 16.2. The number of nitrogens with zero attached hydrogens (tertiary/aromatic N) is 3. The van der Waals surface area contributed by atoms with Gasteiger partial charge in [0.25, 0.3) is 0 Å². The van der Waals surface area contributed by atoms with Gasteiger partial charge in [0.15, 0.2) is 5.82 Å². The Balaban J connectivity index is 0.000000469. The predicted molar refractivity (Wildman–Crippen MR) is 136 cm³/mol. The number of nitrogens with two attached hydrogens (primary N) is 1. The van der Waals surface area contributed by atoms with E-state index in [0.717, 1.165) is 19.6 Å². The largest absolute Gasteiger partial charge is 0.494 e. The van der Waals surface area contributed by atoms with Crippen LogP contribution in [0.3, 0.4) is 0 Å². The van der Waals surface area contributed by atoms with E-state index in [0.29, 0.717) is 57.6 Å². The Morgan fingerprint density at radius 2 is 2.03 bits per heavy atom. The molecule has 0 aliphatic carbocycles. The van der Waals surface area contributed by atoms with Gasteiger partial charge >= 0.3 is 0 Å². The van der Waals surface area contributed by atoms with Gasteiger partial charge in [0.2, 0.25) is 0 Å². The molecule has 1 aliphatic heterocycles. The molecule has 1 aliphatic rings. The van der Waals surface area contributed by atoms with E-state index in [-0.39, 0.29) is 10.8 Å². The average Bonchev–Trinajstić information content (AvgIpc) is 3.43. The van der Waals surface area contributed by atoms with Crippen molar-refractivity contribution < 1.29 is 14.0 Å². The summed E-state index contributed by atoms with van der Waals surface area (Å²) in [7, 11) is 1.90. The minimum absolute atomic E-state index is 0.151. The number of anilines is 1. The third kappa shape index (κ3) is 6.60. The summed E-state index contributed by atoms with van der Waals surface area (Å²) in [4.78, 5) is 8.92. The van der Waals surface area contributed by atoms with E-state index in [1.165, 1.54) is 12.8 Å². The molecule has 1 aromatic carbocycles. The fourth-order valence-electron chi connectivity index (χ4n) is 3.51. The van der Waals surface area contributed by atoms with E-state index in [1.54, 1.807) is 25.1 Å². The molecule has 0 bridgehead atoms. The standard InChI is InChI=1S/C19H21Cl2N5O2.C5H10O/c1-10-15(11(2)28-26-10)17-16(21)18(22)25-19(24-17)13-9-12(5-6-14(13)20)27-8-4-7-23-3;1-5-3-2-4-6-5/h5-6,9,23H,4,7-8H2,1-3H3,(H2,22,24,25);5H,2-4H2,1H3. The van der Waals surface area contributed by atoms with Crippen LogP contribution in [0.2, 0.25) is 10.0 Å². The number of halogens is 2. The number of nitrogens with one attached hydrogen (secondary N) is 1. The molecule has 0 saturated carbocycles. The summed E-state index contributed by atoms with van der Waals surface area (Å²) in [6.07, 6.45) is 3.96. The zero-order valence-corrected chi connectivity index (χ0v) is 21.5. The molecule has 4 rings (SSSR count). The maximum atomic E-state index is 6.40. The molecule has 1 unspecified atom stereocenters. The third-order valence-corrected chi connectivity index (χ3v) is 6.03. The van der Waals surface area contributed by atoms with Crippen LogP contribution in [-0.4, -0.2) is 48.0 Å². The first-order valence-corrected chi connectivity index (χ1v) is 12.0. The SMILES string of the molecule is CC1CCCO1.CNCCCOc1ccc(Cl)c(-c2nc(N)c(Cl)c(-c3c(C)noc3C)n2)c1. The highest BCUT2D eigenvalue weighted by molar-refractivity contribution is 6.35. The number of aromatic nitrogens is 3. The number of hydrogen-bond acceptors (Lipinski definition) is 8. The van der Waals surface area contributed by atoms with E-state index in [2.05, 4.69) is 27.4 Å². The van der Waals surface area contributed by atoms with Gasteiger partial charge in [-0.2, -0.15) is 0 Å². The molecule has 1 saturated heterocycles. The summed E-state index contributed by atoms with van der Waals surface area (Å²) in [5.41, 5.74) is 8.46. The fourth-order valence-corrected chi connectivity index (χ4v) is 3.90. The van der Waals surface area contributed by atoms with Crippen LogP contribution in [0.5, 0.6) is 5.75 Å². The van der Waals surface area contributed by atoms with Crippen molar-refractivity contribution in [1.82, 2.24) is 20.4 Å². The van der Waals surface area contributed by atoms with Gasteiger partial charge in [-0.1, -0.05) is 28.4 Å². The van der Waals surface area contributed by atoms with Crippen LogP contribution < -0.4 is 15.8 Å². The Labute approximate surface area is 210 Å². The smallest absolute Gasteiger partial charge is 0.163 e. The van der Waals surface area contributed by atoms with Crippen LogP contribution in [-0.2, 0) is 4.74 Å². The number of hydrogen-bond donors (Lipinski definition) is 2. The molecule has 34 heavy (non-hydrogen) atoms. The third-order valence-electron chi connectivity index (χ3n) is 5.32. The van der Waals surface area contributed by atoms with Crippen molar-refractivity contribution >= 4 is 29.0 Å². The summed E-state index contributed by atoms with van der Waals surface area (Å²) in [6, 6.07) is 5.34. The zero-order valence-electron chi connectivity index (χ0n) is 20.0. The highest BCUT2D eigenvalue weighted by Gasteiger charge is 2.21. The molecule has 2 aromatic heterocycles. The fraction of sp³-hybridized carbons (Fsp3) is 0.458. The molecule has 1 atom stereocenters. The van der Waals surface area contributed by atoms with Crippen molar-refractivity contribution in [1.29, 1.82) is 0 Å². The summed E-state index contributed by atoms with van der Waals surface area (Å²) in [5, 5.41) is 7.77. The summed E-state index contributed by atoms with van der Waals surface area (Å²) in [5.74, 6) is 1.77. The van der Waals surface area contributed by atoms with E-state index >= 15 is 0 Å². The lowest BCUT2D eigenvalue weighted by Gasteiger charge is -2.12. The van der Waals surface area contributed by atoms with Gasteiger partial charge in [0.1, 0.15) is 28.0 Å². The van der Waals surface area contributed by atoms with Crippen molar-refractivity contribution in [3.05, 3.63) is 39.7 Å². The molecule has 0 radical (unpaired) electrons. The molecule has 10 heteroatoms. The van der Waals surface area contributed by atoms with Gasteiger partial charge < -0.3 is 25.0 Å². The Morgan fingerprint density at radius 1 is 1.24 bits per heavy atom. The topological polar surface area (TPSA) is 108 Å². The minimum atomic E-state index is 0.151. The Morgan fingerprint density at radius 3 is 2.62 bits per heavy atom. The summed E-state index contributed by atoms with van der Waals surface area (Å²) >= 11 is 12.8.